The molecule has 12 heavy (non-hydrogen) atoms. The van der Waals surface area contributed by atoms with Crippen molar-refractivity contribution in [3.63, 3.8) is 0 Å². The first-order valence-electron chi connectivity index (χ1n) is 2.66. The van der Waals surface area contributed by atoms with E-state index in [2.05, 4.69) is 17.9 Å². The van der Waals surface area contributed by atoms with Crippen molar-refractivity contribution >= 4 is 11.9 Å². The van der Waals surface area contributed by atoms with Crippen LogP contribution in [0.25, 0.3) is 0 Å². The zero-order valence-electron chi connectivity index (χ0n) is 7.20. The number of aliphatic carboxylic acids is 1. The van der Waals surface area contributed by atoms with E-state index in [0.29, 0.717) is 0 Å². The molecule has 0 aliphatic carbocycles. The van der Waals surface area contributed by atoms with Crippen LogP contribution < -0.4 is 34.7 Å². The van der Waals surface area contributed by atoms with Crippen molar-refractivity contribution in [3.8, 4) is 0 Å². The molecule has 0 amide bonds. The molecule has 0 aromatic rings. The number of hydrogen-bond donors (Lipinski definition) is 0. The topological polar surface area (TPSA) is 66.4 Å². The molecule has 0 aliphatic heterocycles. The van der Waals surface area contributed by atoms with Crippen LogP contribution >= 0.6 is 0 Å². The number of hydrogen-bond acceptors (Lipinski definition) is 4. The monoisotopic (exact) mass is 180 g/mol. The molecule has 62 valence electrons. The average molecular weight is 180 g/mol. The third kappa shape index (κ3) is 34.2. The predicted molar refractivity (Wildman–Crippen MR) is 37.2 cm³/mol. The second kappa shape index (κ2) is 13.0. The van der Waals surface area contributed by atoms with Crippen LogP contribution in [-0.4, -0.2) is 11.9 Å². The quantitative estimate of drug-likeness (QED) is 0.192. The third-order valence-corrected chi connectivity index (χ3v) is 0.416. The van der Waals surface area contributed by atoms with Gasteiger partial charge in [0.1, 0.15) is 0 Å². The molecule has 0 aromatic heterocycles. The Morgan fingerprint density at radius 3 is 1.75 bits per heavy atom. The first kappa shape index (κ1) is 17.5. The summed E-state index contributed by atoms with van der Waals surface area (Å²) >= 11 is 0. The van der Waals surface area contributed by atoms with Crippen molar-refractivity contribution < 1.29 is 49.0 Å². The Morgan fingerprint density at radius 1 is 1.42 bits per heavy atom. The average Bonchev–Trinajstić information content (AvgIpc) is 1.89. The Morgan fingerprint density at radius 2 is 1.75 bits per heavy atom. The van der Waals surface area contributed by atoms with Gasteiger partial charge in [0.2, 0.25) is 0 Å². The molecular formula is C7H9NaO4. The normalized spacial score (nSPS) is 6.08. The van der Waals surface area contributed by atoms with Crippen LogP contribution in [0.5, 0.6) is 0 Å². The number of ether oxygens (including phenoxy) is 1. The summed E-state index contributed by atoms with van der Waals surface area (Å²) in [7, 11) is 0. The van der Waals surface area contributed by atoms with Gasteiger partial charge in [-0.1, -0.05) is 13.2 Å². The number of esters is 1. The van der Waals surface area contributed by atoms with Crippen LogP contribution in [0.3, 0.4) is 0 Å². The van der Waals surface area contributed by atoms with Gasteiger partial charge in [0.05, 0.1) is 12.2 Å². The van der Waals surface area contributed by atoms with E-state index >= 15 is 0 Å². The molecule has 0 saturated heterocycles. The van der Waals surface area contributed by atoms with Gasteiger partial charge in [-0.25, -0.2) is 0 Å². The Bertz CT molecular complexity index is 165. The SMILES string of the molecule is C=CC(=O)[O-].C=COC(C)=O.[Na+]. The molecule has 4 nitrogen and oxygen atoms in total. The number of carbonyl (C=O) groups excluding carboxylic acids is 2. The number of carboxylic acids is 1. The smallest absolute Gasteiger partial charge is 0.545 e. The third-order valence-electron chi connectivity index (χ3n) is 0.416. The van der Waals surface area contributed by atoms with Crippen molar-refractivity contribution in [2.75, 3.05) is 0 Å². The van der Waals surface area contributed by atoms with Crippen molar-refractivity contribution in [2.45, 2.75) is 6.92 Å². The summed E-state index contributed by atoms with van der Waals surface area (Å²) in [5.41, 5.74) is 0. The second-order valence-corrected chi connectivity index (χ2v) is 1.30. The van der Waals surface area contributed by atoms with Crippen LogP contribution in [0, 0.1) is 0 Å². The fourth-order valence-electron chi connectivity index (χ4n) is 0.117. The molecule has 0 N–H and O–H groups in total. The Balaban J connectivity index is -0.000000126. The minimum absolute atomic E-state index is 0. The van der Waals surface area contributed by atoms with Crippen LogP contribution in [0.4, 0.5) is 0 Å². The zero-order valence-corrected chi connectivity index (χ0v) is 9.20. The maximum absolute atomic E-state index is 9.75. The Labute approximate surface area is 93.2 Å². The van der Waals surface area contributed by atoms with Crippen molar-refractivity contribution in [2.24, 2.45) is 0 Å². The van der Waals surface area contributed by atoms with Gasteiger partial charge in [-0.05, 0) is 6.08 Å². The molecule has 0 rings (SSSR count). The molecule has 0 aromatic carbocycles. The van der Waals surface area contributed by atoms with E-state index in [-0.39, 0.29) is 35.5 Å². The maximum atomic E-state index is 9.75. The van der Waals surface area contributed by atoms with Gasteiger partial charge in [-0.2, -0.15) is 0 Å². The molecular weight excluding hydrogens is 171 g/mol. The fourth-order valence-corrected chi connectivity index (χ4v) is 0.117. The summed E-state index contributed by atoms with van der Waals surface area (Å²) < 4.78 is 4.17. The van der Waals surface area contributed by atoms with Crippen LogP contribution in [0.1, 0.15) is 6.92 Å². The standard InChI is InChI=1S/C4H6O2.C3H4O2.Na/c1-3-6-4(2)5;1-2-3(4)5;/h3H,1H2,2H3;2H,1H2,(H,4,5);/q;;+1/p-1. The predicted octanol–water partition coefficient (Wildman–Crippen LogP) is -3.38. The maximum Gasteiger partial charge on any atom is 1.00 e. The summed E-state index contributed by atoms with van der Waals surface area (Å²) in [5.74, 6) is -1.56. The minimum atomic E-state index is -1.23. The van der Waals surface area contributed by atoms with E-state index in [0.717, 1.165) is 12.3 Å². The molecule has 5 heteroatoms. The van der Waals surface area contributed by atoms with Gasteiger partial charge in [-0.3, -0.25) is 4.79 Å². The van der Waals surface area contributed by atoms with E-state index in [1.54, 1.807) is 0 Å². The molecule has 0 fully saturated rings. The molecule has 0 bridgehead atoms. The first-order valence-corrected chi connectivity index (χ1v) is 2.66. The first-order chi connectivity index (χ1) is 5.04. The van der Waals surface area contributed by atoms with Crippen molar-refractivity contribution in [3.05, 3.63) is 25.5 Å². The molecule has 0 unspecified atom stereocenters. The van der Waals surface area contributed by atoms with Crippen molar-refractivity contribution in [1.82, 2.24) is 0 Å². The van der Waals surface area contributed by atoms with Crippen LogP contribution in [0.2, 0.25) is 0 Å². The summed E-state index contributed by atoms with van der Waals surface area (Å²) in [6.45, 7) is 7.38. The molecule has 0 atom stereocenters. The number of carboxylic acid groups (broad SMARTS) is 1. The van der Waals surface area contributed by atoms with E-state index in [1.165, 1.54) is 6.92 Å². The van der Waals surface area contributed by atoms with Crippen molar-refractivity contribution in [1.29, 1.82) is 0 Å². The van der Waals surface area contributed by atoms with Gasteiger partial charge >= 0.3 is 35.5 Å². The summed E-state index contributed by atoms with van der Waals surface area (Å²) in [5, 5.41) is 9.14. The number of rotatable bonds is 2. The van der Waals surface area contributed by atoms with Gasteiger partial charge < -0.3 is 14.6 Å². The van der Waals surface area contributed by atoms with Gasteiger partial charge in [0.25, 0.3) is 0 Å². The Hall–Kier alpha value is -0.580. The van der Waals surface area contributed by atoms with E-state index < -0.39 is 5.97 Å². The molecule has 0 heterocycles. The van der Waals surface area contributed by atoms with E-state index in [4.69, 9.17) is 9.90 Å². The zero-order chi connectivity index (χ0) is 9.28. The minimum Gasteiger partial charge on any atom is -0.545 e. The molecule has 0 spiro atoms. The molecule has 0 aliphatic rings. The Kier molecular flexibility index (Phi) is 19.0. The second-order valence-electron chi connectivity index (χ2n) is 1.30. The molecule has 0 saturated carbocycles. The van der Waals surface area contributed by atoms with Gasteiger partial charge in [-0.15, -0.1) is 0 Å². The van der Waals surface area contributed by atoms with Crippen LogP contribution in [0.15, 0.2) is 25.5 Å². The summed E-state index contributed by atoms with van der Waals surface area (Å²) in [6, 6.07) is 0. The fraction of sp³-hybridized carbons (Fsp3) is 0.143. The van der Waals surface area contributed by atoms with Crippen LogP contribution in [-0.2, 0) is 14.3 Å². The van der Waals surface area contributed by atoms with E-state index in [1.807, 2.05) is 0 Å². The number of carbonyl (C=O) groups is 2. The summed E-state index contributed by atoms with van der Waals surface area (Å²) in [6.07, 6.45) is 1.82. The largest absolute Gasteiger partial charge is 1.00 e. The van der Waals surface area contributed by atoms with E-state index in [9.17, 15) is 4.79 Å². The molecule has 0 radical (unpaired) electrons. The summed E-state index contributed by atoms with van der Waals surface area (Å²) in [4.78, 5) is 18.9. The van der Waals surface area contributed by atoms with Gasteiger partial charge in [0.15, 0.2) is 0 Å². The van der Waals surface area contributed by atoms with Gasteiger partial charge in [0, 0.05) is 6.92 Å².